The standard InChI is InChI=1S/C8H17N.C3H6Cl.K/c1-9-7-8-5-3-2-4-6-8;1-3(2)4;/h8-9H,2-7H2,1H3;1-2H3;/q;-1;+1. The van der Waals surface area contributed by atoms with Crippen LogP contribution in [0.1, 0.15) is 46.0 Å². The third kappa shape index (κ3) is 13.9. The SMILES string of the molecule is CNCC1CCCCC1.C[C-](C)Cl.[K+]. The predicted molar refractivity (Wildman–Crippen MR) is 60.9 cm³/mol. The second-order valence-corrected chi connectivity index (χ2v) is 4.70. The molecule has 1 aliphatic carbocycles. The van der Waals surface area contributed by atoms with E-state index in [-0.39, 0.29) is 51.4 Å². The average molecular weight is 244 g/mol. The van der Waals surface area contributed by atoms with Gasteiger partial charge in [-0.15, -0.1) is 0 Å². The van der Waals surface area contributed by atoms with Crippen LogP contribution >= 0.6 is 11.6 Å². The normalized spacial score (nSPS) is 16.9. The number of rotatable bonds is 2. The molecule has 1 N–H and O–H groups in total. The zero-order valence-electron chi connectivity index (χ0n) is 10.2. The van der Waals surface area contributed by atoms with Crippen molar-refractivity contribution in [3.63, 3.8) is 0 Å². The van der Waals surface area contributed by atoms with E-state index in [1.165, 1.54) is 38.6 Å². The molecule has 0 aromatic carbocycles. The molecule has 0 radical (unpaired) electrons. The molecular formula is C11H23ClKN. The first kappa shape index (κ1) is 18.3. The molecule has 0 aromatic rings. The van der Waals surface area contributed by atoms with Crippen LogP contribution in [0.4, 0.5) is 0 Å². The van der Waals surface area contributed by atoms with Crippen LogP contribution in [0.3, 0.4) is 0 Å². The smallest absolute Gasteiger partial charge is 0.346 e. The zero-order valence-corrected chi connectivity index (χ0v) is 14.1. The minimum Gasteiger partial charge on any atom is -0.346 e. The monoisotopic (exact) mass is 243 g/mol. The molecule has 0 heterocycles. The Morgan fingerprint density at radius 1 is 1.21 bits per heavy atom. The topological polar surface area (TPSA) is 12.0 Å². The summed E-state index contributed by atoms with van der Waals surface area (Å²) in [5.41, 5.74) is 0. The first-order valence-electron chi connectivity index (χ1n) is 5.27. The molecule has 0 amide bonds. The van der Waals surface area contributed by atoms with Crippen LogP contribution in [0.2, 0.25) is 0 Å². The molecule has 0 bridgehead atoms. The average Bonchev–Trinajstić information content (AvgIpc) is 2.06. The minimum absolute atomic E-state index is 0. The largest absolute Gasteiger partial charge is 1.00 e. The van der Waals surface area contributed by atoms with Gasteiger partial charge in [-0.3, -0.25) is 0 Å². The van der Waals surface area contributed by atoms with Crippen LogP contribution < -0.4 is 56.7 Å². The number of hydrogen-bond acceptors (Lipinski definition) is 1. The van der Waals surface area contributed by atoms with Crippen molar-refractivity contribution in [2.45, 2.75) is 46.0 Å². The summed E-state index contributed by atoms with van der Waals surface area (Å²) < 4.78 is 0. The molecule has 3 heteroatoms. The first-order valence-corrected chi connectivity index (χ1v) is 5.65. The summed E-state index contributed by atoms with van der Waals surface area (Å²) in [7, 11) is 2.05. The molecule has 0 aromatic heterocycles. The molecule has 1 aliphatic rings. The fourth-order valence-corrected chi connectivity index (χ4v) is 1.68. The molecule has 0 spiro atoms. The van der Waals surface area contributed by atoms with Gasteiger partial charge >= 0.3 is 51.4 Å². The van der Waals surface area contributed by atoms with E-state index in [0.29, 0.717) is 0 Å². The van der Waals surface area contributed by atoms with E-state index in [4.69, 9.17) is 11.6 Å². The molecule has 1 fully saturated rings. The van der Waals surface area contributed by atoms with Crippen molar-refractivity contribution in [3.05, 3.63) is 5.38 Å². The van der Waals surface area contributed by atoms with Crippen LogP contribution in [-0.4, -0.2) is 13.6 Å². The quantitative estimate of drug-likeness (QED) is 0.553. The Bertz CT molecular complexity index is 98.0. The molecule has 1 rings (SSSR count). The summed E-state index contributed by atoms with van der Waals surface area (Å²) in [4.78, 5) is 0. The maximum Gasteiger partial charge on any atom is 1.00 e. The Labute approximate surface area is 137 Å². The van der Waals surface area contributed by atoms with E-state index >= 15 is 0 Å². The summed E-state index contributed by atoms with van der Waals surface area (Å²) >= 11 is 5.19. The van der Waals surface area contributed by atoms with Gasteiger partial charge in [-0.25, -0.2) is 5.38 Å². The predicted octanol–water partition coefficient (Wildman–Crippen LogP) is 0.587. The Kier molecular flexibility index (Phi) is 16.9. The van der Waals surface area contributed by atoms with Crippen LogP contribution in [0, 0.1) is 11.3 Å². The van der Waals surface area contributed by atoms with Crippen molar-refractivity contribution < 1.29 is 51.4 Å². The molecule has 0 aliphatic heterocycles. The molecule has 0 atom stereocenters. The summed E-state index contributed by atoms with van der Waals surface area (Å²) in [5, 5.41) is 4.13. The van der Waals surface area contributed by atoms with Gasteiger partial charge in [-0.2, -0.15) is 13.8 Å². The first-order chi connectivity index (χ1) is 6.16. The van der Waals surface area contributed by atoms with E-state index in [0.717, 1.165) is 11.3 Å². The second kappa shape index (κ2) is 13.0. The Morgan fingerprint density at radius 2 is 1.64 bits per heavy atom. The van der Waals surface area contributed by atoms with Gasteiger partial charge in [0, 0.05) is 0 Å². The molecule has 80 valence electrons. The number of hydrogen-bond donors (Lipinski definition) is 1. The van der Waals surface area contributed by atoms with E-state index in [1.807, 2.05) is 13.8 Å². The molecule has 1 saturated carbocycles. The van der Waals surface area contributed by atoms with Crippen molar-refractivity contribution in [1.29, 1.82) is 0 Å². The summed E-state index contributed by atoms with van der Waals surface area (Å²) in [6.45, 7) is 4.93. The van der Waals surface area contributed by atoms with Crippen molar-refractivity contribution in [1.82, 2.24) is 5.32 Å². The fraction of sp³-hybridized carbons (Fsp3) is 0.909. The van der Waals surface area contributed by atoms with Crippen molar-refractivity contribution in [3.8, 4) is 0 Å². The molecule has 0 unspecified atom stereocenters. The summed E-state index contributed by atoms with van der Waals surface area (Å²) in [5.74, 6) is 0.990. The van der Waals surface area contributed by atoms with Crippen molar-refractivity contribution in [2.75, 3.05) is 13.6 Å². The molecule has 1 nitrogen and oxygen atoms in total. The maximum atomic E-state index is 5.19. The van der Waals surface area contributed by atoms with Crippen molar-refractivity contribution in [2.24, 2.45) is 5.92 Å². The zero-order chi connectivity index (χ0) is 10.1. The third-order valence-corrected chi connectivity index (χ3v) is 2.22. The van der Waals surface area contributed by atoms with E-state index in [9.17, 15) is 0 Å². The van der Waals surface area contributed by atoms with Crippen LogP contribution in [-0.2, 0) is 0 Å². The number of nitrogens with one attached hydrogen (secondary N) is 1. The maximum absolute atomic E-state index is 5.19. The summed E-state index contributed by atoms with van der Waals surface area (Å²) in [6, 6.07) is 0. The van der Waals surface area contributed by atoms with Gasteiger partial charge in [0.2, 0.25) is 0 Å². The Morgan fingerprint density at radius 3 is 2.00 bits per heavy atom. The van der Waals surface area contributed by atoms with Gasteiger partial charge in [0.25, 0.3) is 0 Å². The van der Waals surface area contributed by atoms with Gasteiger partial charge in [-0.1, -0.05) is 19.3 Å². The Hall–Kier alpha value is 1.89. The van der Waals surface area contributed by atoms with Crippen LogP contribution in [0.15, 0.2) is 0 Å². The van der Waals surface area contributed by atoms with Crippen LogP contribution in [0.25, 0.3) is 0 Å². The van der Waals surface area contributed by atoms with Gasteiger partial charge in [0.05, 0.1) is 0 Å². The van der Waals surface area contributed by atoms with Gasteiger partial charge in [-0.05, 0) is 32.4 Å². The molecular weight excluding hydrogens is 221 g/mol. The minimum atomic E-state index is 0. The third-order valence-electron chi connectivity index (χ3n) is 2.22. The van der Waals surface area contributed by atoms with Crippen molar-refractivity contribution >= 4 is 11.6 Å². The second-order valence-electron chi connectivity index (χ2n) is 3.94. The van der Waals surface area contributed by atoms with E-state index < -0.39 is 0 Å². The number of halogens is 1. The Balaban J connectivity index is 0. The van der Waals surface area contributed by atoms with Crippen LogP contribution in [0.5, 0.6) is 0 Å². The van der Waals surface area contributed by atoms with E-state index in [2.05, 4.69) is 12.4 Å². The van der Waals surface area contributed by atoms with Gasteiger partial charge in [0.1, 0.15) is 0 Å². The van der Waals surface area contributed by atoms with Gasteiger partial charge in [0.15, 0.2) is 0 Å². The fourth-order valence-electron chi connectivity index (χ4n) is 1.68. The van der Waals surface area contributed by atoms with E-state index in [1.54, 1.807) is 0 Å². The van der Waals surface area contributed by atoms with Gasteiger partial charge < -0.3 is 16.9 Å². The molecule has 14 heavy (non-hydrogen) atoms. The summed E-state index contributed by atoms with van der Waals surface area (Å²) in [6.07, 6.45) is 7.32. The molecule has 0 saturated heterocycles.